The maximum Gasteiger partial charge on any atom is 0.416 e. The van der Waals surface area contributed by atoms with E-state index in [0.29, 0.717) is 57.1 Å². The average Bonchev–Trinajstić information content (AvgIpc) is 2.85. The summed E-state index contributed by atoms with van der Waals surface area (Å²) in [5.74, 6) is 0.669. The largest absolute Gasteiger partial charge is 0.493 e. The summed E-state index contributed by atoms with van der Waals surface area (Å²) in [6.07, 6.45) is -1.86. The molecule has 0 radical (unpaired) electrons. The first kappa shape index (κ1) is 23.8. The van der Waals surface area contributed by atoms with Crippen molar-refractivity contribution in [2.45, 2.75) is 19.1 Å². The van der Waals surface area contributed by atoms with Gasteiger partial charge in [-0.15, -0.1) is 0 Å². The van der Waals surface area contributed by atoms with E-state index < -0.39 is 11.7 Å². The molecule has 5 nitrogen and oxygen atoms in total. The second kappa shape index (κ2) is 10.7. The SMILES string of the molecule is O=C(c1ccc(OCCc2ccccn2)cc1)N1CCN(Cc2ccc(C(F)(F)F)cc2)CC1. The standard InChI is InChI=1S/C26H26F3N3O2/c27-26(28,29)22-8-4-20(5-9-22)19-31-14-16-32(17-15-31)25(33)21-6-10-24(11-7-21)34-18-12-23-3-1-2-13-30-23/h1-11,13H,12,14-19H2. The van der Waals surface area contributed by atoms with Crippen LogP contribution in [-0.2, 0) is 19.1 Å². The summed E-state index contributed by atoms with van der Waals surface area (Å²) in [6, 6.07) is 18.2. The van der Waals surface area contributed by atoms with E-state index in [1.54, 1.807) is 35.4 Å². The Hall–Kier alpha value is -3.39. The Bertz CT molecular complexity index is 1060. The number of aromatic nitrogens is 1. The van der Waals surface area contributed by atoms with Crippen LogP contribution in [0.4, 0.5) is 13.2 Å². The van der Waals surface area contributed by atoms with Crippen LogP contribution < -0.4 is 4.74 Å². The molecule has 178 valence electrons. The molecule has 2 heterocycles. The van der Waals surface area contributed by atoms with Gasteiger partial charge in [-0.05, 0) is 54.1 Å². The fourth-order valence-electron chi connectivity index (χ4n) is 3.86. The fraction of sp³-hybridized carbons (Fsp3) is 0.308. The molecule has 2 aromatic carbocycles. The number of amides is 1. The minimum Gasteiger partial charge on any atom is -0.493 e. The van der Waals surface area contributed by atoms with Crippen LogP contribution in [0, 0.1) is 0 Å². The number of ether oxygens (including phenoxy) is 1. The van der Waals surface area contributed by atoms with Crippen molar-refractivity contribution in [3.63, 3.8) is 0 Å². The van der Waals surface area contributed by atoms with Crippen molar-refractivity contribution >= 4 is 5.91 Å². The van der Waals surface area contributed by atoms with Crippen LogP contribution in [-0.4, -0.2) is 53.5 Å². The predicted octanol–water partition coefficient (Wildman–Crippen LogP) is 4.68. The summed E-state index contributed by atoms with van der Waals surface area (Å²) in [4.78, 5) is 21.1. The molecular weight excluding hydrogens is 443 g/mol. The van der Waals surface area contributed by atoms with Gasteiger partial charge in [0.15, 0.2) is 0 Å². The van der Waals surface area contributed by atoms with E-state index in [1.807, 2.05) is 18.2 Å². The highest BCUT2D eigenvalue weighted by Crippen LogP contribution is 2.29. The zero-order valence-electron chi connectivity index (χ0n) is 18.7. The van der Waals surface area contributed by atoms with Gasteiger partial charge in [0, 0.05) is 56.6 Å². The first-order valence-corrected chi connectivity index (χ1v) is 11.2. The summed E-state index contributed by atoms with van der Waals surface area (Å²) in [7, 11) is 0. The van der Waals surface area contributed by atoms with Crippen molar-refractivity contribution in [1.29, 1.82) is 0 Å². The van der Waals surface area contributed by atoms with Gasteiger partial charge >= 0.3 is 6.18 Å². The van der Waals surface area contributed by atoms with E-state index in [-0.39, 0.29) is 5.91 Å². The number of halogens is 3. The lowest BCUT2D eigenvalue weighted by Crippen LogP contribution is -2.48. The first-order valence-electron chi connectivity index (χ1n) is 11.2. The van der Waals surface area contributed by atoms with Crippen molar-refractivity contribution in [2.24, 2.45) is 0 Å². The van der Waals surface area contributed by atoms with Crippen LogP contribution in [0.5, 0.6) is 5.75 Å². The number of hydrogen-bond donors (Lipinski definition) is 0. The number of benzene rings is 2. The third kappa shape index (κ3) is 6.35. The summed E-state index contributed by atoms with van der Waals surface area (Å²) in [5.41, 5.74) is 1.75. The Morgan fingerprint density at radius 2 is 1.62 bits per heavy atom. The number of piperazine rings is 1. The molecule has 1 amide bonds. The monoisotopic (exact) mass is 469 g/mol. The second-order valence-electron chi connectivity index (χ2n) is 8.21. The lowest BCUT2D eigenvalue weighted by molar-refractivity contribution is -0.137. The van der Waals surface area contributed by atoms with Gasteiger partial charge in [0.2, 0.25) is 0 Å². The van der Waals surface area contributed by atoms with Gasteiger partial charge in [-0.25, -0.2) is 0 Å². The van der Waals surface area contributed by atoms with E-state index >= 15 is 0 Å². The summed E-state index contributed by atoms with van der Waals surface area (Å²) in [6.45, 7) is 3.54. The molecule has 8 heteroatoms. The van der Waals surface area contributed by atoms with Gasteiger partial charge < -0.3 is 9.64 Å². The molecule has 0 atom stereocenters. The number of hydrogen-bond acceptors (Lipinski definition) is 4. The molecular formula is C26H26F3N3O2. The molecule has 0 saturated carbocycles. The topological polar surface area (TPSA) is 45.7 Å². The van der Waals surface area contributed by atoms with E-state index in [4.69, 9.17) is 4.74 Å². The van der Waals surface area contributed by atoms with Crippen molar-refractivity contribution in [2.75, 3.05) is 32.8 Å². The van der Waals surface area contributed by atoms with E-state index in [2.05, 4.69) is 9.88 Å². The molecule has 0 aliphatic carbocycles. The number of carbonyl (C=O) groups is 1. The number of pyridine rings is 1. The molecule has 34 heavy (non-hydrogen) atoms. The zero-order valence-corrected chi connectivity index (χ0v) is 18.7. The Balaban J connectivity index is 1.23. The Morgan fingerprint density at radius 3 is 2.24 bits per heavy atom. The molecule has 3 aromatic rings. The summed E-state index contributed by atoms with van der Waals surface area (Å²) < 4.78 is 43.9. The minimum absolute atomic E-state index is 0.0331. The van der Waals surface area contributed by atoms with Crippen molar-refractivity contribution in [3.8, 4) is 5.75 Å². The smallest absolute Gasteiger partial charge is 0.416 e. The van der Waals surface area contributed by atoms with Crippen molar-refractivity contribution in [3.05, 3.63) is 95.3 Å². The van der Waals surface area contributed by atoms with Gasteiger partial charge in [-0.2, -0.15) is 13.2 Å². The maximum absolute atomic E-state index is 12.9. The lowest BCUT2D eigenvalue weighted by atomic mass is 10.1. The first-order chi connectivity index (χ1) is 16.4. The van der Waals surface area contributed by atoms with Gasteiger partial charge in [-0.1, -0.05) is 18.2 Å². The molecule has 1 aliphatic rings. The third-order valence-electron chi connectivity index (χ3n) is 5.80. The zero-order chi connectivity index (χ0) is 24.0. The Labute approximate surface area is 196 Å². The molecule has 0 unspecified atom stereocenters. The highest BCUT2D eigenvalue weighted by atomic mass is 19.4. The molecule has 0 spiro atoms. The molecule has 1 aliphatic heterocycles. The van der Waals surface area contributed by atoms with Crippen LogP contribution in [0.1, 0.15) is 27.2 Å². The predicted molar refractivity (Wildman–Crippen MR) is 123 cm³/mol. The highest BCUT2D eigenvalue weighted by molar-refractivity contribution is 5.94. The molecule has 0 bridgehead atoms. The minimum atomic E-state index is -4.32. The molecule has 1 aromatic heterocycles. The number of nitrogens with zero attached hydrogens (tertiary/aromatic N) is 3. The maximum atomic E-state index is 12.9. The van der Waals surface area contributed by atoms with E-state index in [1.165, 1.54) is 12.1 Å². The Kier molecular flexibility index (Phi) is 7.47. The fourth-order valence-corrected chi connectivity index (χ4v) is 3.86. The van der Waals surface area contributed by atoms with Gasteiger partial charge in [-0.3, -0.25) is 14.7 Å². The number of alkyl halides is 3. The van der Waals surface area contributed by atoms with Crippen LogP contribution in [0.2, 0.25) is 0 Å². The van der Waals surface area contributed by atoms with Crippen LogP contribution in [0.3, 0.4) is 0 Å². The van der Waals surface area contributed by atoms with Crippen LogP contribution in [0.25, 0.3) is 0 Å². The average molecular weight is 470 g/mol. The third-order valence-corrected chi connectivity index (χ3v) is 5.80. The lowest BCUT2D eigenvalue weighted by Gasteiger charge is -2.34. The van der Waals surface area contributed by atoms with Crippen LogP contribution in [0.15, 0.2) is 72.9 Å². The second-order valence-corrected chi connectivity index (χ2v) is 8.21. The quantitative estimate of drug-likeness (QED) is 0.504. The normalized spacial score (nSPS) is 14.7. The summed E-state index contributed by atoms with van der Waals surface area (Å²) in [5, 5.41) is 0. The molecule has 0 N–H and O–H groups in total. The van der Waals surface area contributed by atoms with E-state index in [0.717, 1.165) is 23.4 Å². The number of rotatable bonds is 7. The van der Waals surface area contributed by atoms with E-state index in [9.17, 15) is 18.0 Å². The van der Waals surface area contributed by atoms with Gasteiger partial charge in [0.25, 0.3) is 5.91 Å². The van der Waals surface area contributed by atoms with Gasteiger partial charge in [0.1, 0.15) is 5.75 Å². The van der Waals surface area contributed by atoms with Crippen molar-refractivity contribution < 1.29 is 22.7 Å². The Morgan fingerprint density at radius 1 is 0.912 bits per heavy atom. The van der Waals surface area contributed by atoms with Crippen LogP contribution >= 0.6 is 0 Å². The number of carbonyl (C=O) groups excluding carboxylic acids is 1. The summed E-state index contributed by atoms with van der Waals surface area (Å²) >= 11 is 0. The van der Waals surface area contributed by atoms with Gasteiger partial charge in [0.05, 0.1) is 12.2 Å². The molecule has 1 saturated heterocycles. The molecule has 4 rings (SSSR count). The molecule has 1 fully saturated rings. The highest BCUT2D eigenvalue weighted by Gasteiger charge is 2.30. The van der Waals surface area contributed by atoms with Crippen molar-refractivity contribution in [1.82, 2.24) is 14.8 Å².